The normalized spacial score (nSPS) is 18.1. The molecule has 0 saturated heterocycles. The molecular weight excluding hydrogens is 367 g/mol. The molecule has 0 spiro atoms. The molecule has 5 heteroatoms. The summed E-state index contributed by atoms with van der Waals surface area (Å²) in [5.41, 5.74) is 0.0819. The molecule has 2 fully saturated rings. The van der Waals surface area contributed by atoms with Gasteiger partial charge in [-0.25, -0.2) is 0 Å². The van der Waals surface area contributed by atoms with Crippen LogP contribution in [0.1, 0.15) is 11.1 Å². The maximum Gasteiger partial charge on any atom is 2.00 e. The average molecular weight is 381 g/mol. The van der Waals surface area contributed by atoms with Crippen LogP contribution in [0, 0.1) is 75.0 Å². The molecule has 2 saturated carbocycles. The van der Waals surface area contributed by atoms with E-state index in [-0.39, 0.29) is 17.1 Å². The molecule has 0 aliphatic heterocycles. The Morgan fingerprint density at radius 1 is 0.840 bits per heavy atom. The summed E-state index contributed by atoms with van der Waals surface area (Å²) in [7, 11) is 0. The SMILES string of the molecule is N#C/C(=C\[C]1[CH][CH][CH][CH]1)c1ccc(C(F)(F)F)cc1.[CH]1[CH][CH][CH][CH]1.[Fe+2]. The first-order chi connectivity index (χ1) is 11.5. The van der Waals surface area contributed by atoms with E-state index < -0.39 is 11.7 Å². The average Bonchev–Trinajstić information content (AvgIpc) is 3.28. The molecule has 1 aromatic rings. The molecule has 0 bridgehead atoms. The summed E-state index contributed by atoms with van der Waals surface area (Å²) in [6, 6.07) is 6.56. The van der Waals surface area contributed by atoms with Crippen LogP contribution in [0.2, 0.25) is 0 Å². The van der Waals surface area contributed by atoms with Gasteiger partial charge in [0.15, 0.2) is 0 Å². The number of halogens is 3. The number of hydrogen-bond acceptors (Lipinski definition) is 1. The second-order valence-electron chi connectivity index (χ2n) is 4.93. The van der Waals surface area contributed by atoms with Gasteiger partial charge in [-0.3, -0.25) is 0 Å². The van der Waals surface area contributed by atoms with Crippen molar-refractivity contribution in [2.45, 2.75) is 6.18 Å². The Labute approximate surface area is 158 Å². The quantitative estimate of drug-likeness (QED) is 0.520. The molecule has 3 rings (SSSR count). The first kappa shape index (κ1) is 21.8. The summed E-state index contributed by atoms with van der Waals surface area (Å²) in [5, 5.41) is 9.07. The Morgan fingerprint density at radius 2 is 1.32 bits per heavy atom. The minimum atomic E-state index is -4.36. The van der Waals surface area contributed by atoms with Gasteiger partial charge in [-0.1, -0.05) is 18.2 Å². The van der Waals surface area contributed by atoms with E-state index in [1.807, 2.05) is 63.9 Å². The molecule has 1 nitrogen and oxygen atoms in total. The molecule has 0 atom stereocenters. The number of rotatable bonds is 2. The topological polar surface area (TPSA) is 23.8 Å². The Morgan fingerprint density at radius 3 is 1.72 bits per heavy atom. The summed E-state index contributed by atoms with van der Waals surface area (Å²) < 4.78 is 37.3. The second kappa shape index (κ2) is 10.7. The minimum absolute atomic E-state index is 0. The van der Waals surface area contributed by atoms with Gasteiger partial charge in [-0.2, -0.15) is 18.4 Å². The first-order valence-electron chi connectivity index (χ1n) is 7.18. The number of nitriles is 1. The molecule has 0 heterocycles. The third-order valence-electron chi connectivity index (χ3n) is 3.20. The van der Waals surface area contributed by atoms with Gasteiger partial charge >= 0.3 is 23.2 Å². The number of nitrogens with zero attached hydrogens (tertiary/aromatic N) is 1. The monoisotopic (exact) mass is 381 g/mol. The predicted molar refractivity (Wildman–Crippen MR) is 87.0 cm³/mol. The summed E-state index contributed by atoms with van der Waals surface area (Å²) >= 11 is 0. The van der Waals surface area contributed by atoms with Gasteiger partial charge in [0, 0.05) is 5.92 Å². The molecule has 10 radical (unpaired) electrons. The van der Waals surface area contributed by atoms with Crippen LogP contribution in [-0.2, 0) is 23.2 Å². The van der Waals surface area contributed by atoms with Crippen molar-refractivity contribution in [3.8, 4) is 6.07 Å². The van der Waals surface area contributed by atoms with Gasteiger partial charge in [-0.15, -0.1) is 0 Å². The van der Waals surface area contributed by atoms with Crippen molar-refractivity contribution < 1.29 is 30.2 Å². The summed E-state index contributed by atoms with van der Waals surface area (Å²) in [4.78, 5) is 0. The van der Waals surface area contributed by atoms with Crippen molar-refractivity contribution in [1.82, 2.24) is 0 Å². The number of alkyl halides is 3. The number of benzene rings is 1. The Bertz CT molecular complexity index is 567. The molecule has 0 N–H and O–H groups in total. The minimum Gasteiger partial charge on any atom is -0.192 e. The molecule has 126 valence electrons. The van der Waals surface area contributed by atoms with E-state index in [0.29, 0.717) is 11.1 Å². The fraction of sp³-hybridized carbons (Fsp3) is 0.0500. The van der Waals surface area contributed by atoms with Crippen LogP contribution in [0.15, 0.2) is 30.3 Å². The summed E-state index contributed by atoms with van der Waals surface area (Å²) in [6.07, 6.45) is 14.6. The van der Waals surface area contributed by atoms with Crippen molar-refractivity contribution in [2.75, 3.05) is 0 Å². The van der Waals surface area contributed by atoms with Crippen LogP contribution < -0.4 is 0 Å². The van der Waals surface area contributed by atoms with Gasteiger partial charge in [0.05, 0.1) is 17.2 Å². The molecule has 2 aliphatic carbocycles. The van der Waals surface area contributed by atoms with E-state index >= 15 is 0 Å². The number of allylic oxidation sites excluding steroid dienone is 2. The van der Waals surface area contributed by atoms with Gasteiger partial charge < -0.3 is 0 Å². The van der Waals surface area contributed by atoms with Gasteiger partial charge in [0.2, 0.25) is 0 Å². The van der Waals surface area contributed by atoms with Crippen molar-refractivity contribution in [3.63, 3.8) is 0 Å². The molecule has 0 amide bonds. The molecule has 1 aromatic carbocycles. The maximum atomic E-state index is 12.4. The van der Waals surface area contributed by atoms with Gasteiger partial charge in [0.25, 0.3) is 0 Å². The fourth-order valence-corrected chi connectivity index (χ4v) is 1.99. The summed E-state index contributed by atoms with van der Waals surface area (Å²) in [5.74, 6) is 0.844. The second-order valence-corrected chi connectivity index (χ2v) is 4.93. The Balaban J connectivity index is 0.000000448. The zero-order valence-electron chi connectivity index (χ0n) is 13.0. The van der Waals surface area contributed by atoms with Crippen molar-refractivity contribution in [1.29, 1.82) is 5.26 Å². The van der Waals surface area contributed by atoms with Crippen LogP contribution in [0.3, 0.4) is 0 Å². The van der Waals surface area contributed by atoms with E-state index in [0.717, 1.165) is 18.1 Å². The molecule has 0 aromatic heterocycles. The third kappa shape index (κ3) is 7.26. The van der Waals surface area contributed by atoms with Crippen molar-refractivity contribution in [3.05, 3.63) is 105 Å². The molecule has 0 unspecified atom stereocenters. The van der Waals surface area contributed by atoms with Crippen LogP contribution in [0.25, 0.3) is 5.57 Å². The zero-order valence-corrected chi connectivity index (χ0v) is 14.1. The van der Waals surface area contributed by atoms with E-state index in [1.165, 1.54) is 12.1 Å². The van der Waals surface area contributed by atoms with E-state index in [9.17, 15) is 13.2 Å². The fourth-order valence-electron chi connectivity index (χ4n) is 1.99. The standard InChI is InChI=1S/C15H9F3N.C5H5.Fe/c16-15(17,18)14-7-5-12(6-8-14)13(10-19)9-11-3-1-2-4-11;1-2-4-5-3-1;/h1-9H;1-5H;/q;;+2/b13-9+;;. The van der Waals surface area contributed by atoms with Crippen LogP contribution in [0.4, 0.5) is 13.2 Å². The van der Waals surface area contributed by atoms with E-state index in [1.54, 1.807) is 6.08 Å². The van der Waals surface area contributed by atoms with Crippen LogP contribution >= 0.6 is 0 Å². The predicted octanol–water partition coefficient (Wildman–Crippen LogP) is 5.04. The third-order valence-corrected chi connectivity index (χ3v) is 3.20. The van der Waals surface area contributed by atoms with Crippen LogP contribution in [-0.4, -0.2) is 0 Å². The molecular formula is C20H14F3FeN+2. The van der Waals surface area contributed by atoms with E-state index in [2.05, 4.69) is 0 Å². The largest absolute Gasteiger partial charge is 2.00 e. The first-order valence-corrected chi connectivity index (χ1v) is 7.18. The Kier molecular flexibility index (Phi) is 9.32. The van der Waals surface area contributed by atoms with Crippen molar-refractivity contribution in [2.24, 2.45) is 0 Å². The molecule has 25 heavy (non-hydrogen) atoms. The summed E-state index contributed by atoms with van der Waals surface area (Å²) in [6.45, 7) is 0. The molecule has 2 aliphatic rings. The van der Waals surface area contributed by atoms with Gasteiger partial charge in [-0.05, 0) is 75.5 Å². The zero-order chi connectivity index (χ0) is 17.4. The van der Waals surface area contributed by atoms with Crippen LogP contribution in [0.5, 0.6) is 0 Å². The Hall–Kier alpha value is -1.24. The maximum absolute atomic E-state index is 12.4. The smallest absolute Gasteiger partial charge is 0.192 e. The van der Waals surface area contributed by atoms with Crippen molar-refractivity contribution >= 4 is 5.57 Å². The van der Waals surface area contributed by atoms with Gasteiger partial charge in [0.1, 0.15) is 0 Å². The van der Waals surface area contributed by atoms with E-state index in [4.69, 9.17) is 5.26 Å². The number of hydrogen-bond donors (Lipinski definition) is 0.